The molecule has 7 heteroatoms. The Bertz CT molecular complexity index is 3240. The molecule has 0 saturated carbocycles. The second kappa shape index (κ2) is 13.0. The van der Waals surface area contributed by atoms with Gasteiger partial charge in [-0.25, -0.2) is 9.97 Å². The maximum Gasteiger partial charge on any atom is 0.161 e. The molecule has 0 N–H and O–H groups in total. The highest BCUT2D eigenvalue weighted by atomic mass is 15.0. The van der Waals surface area contributed by atoms with Gasteiger partial charge in [0.2, 0.25) is 0 Å². The van der Waals surface area contributed by atoms with Crippen molar-refractivity contribution in [1.82, 2.24) is 19.1 Å². The summed E-state index contributed by atoms with van der Waals surface area (Å²) >= 11 is 0. The van der Waals surface area contributed by atoms with Crippen LogP contribution in [0, 0.1) is 34.0 Å². The Kier molecular flexibility index (Phi) is 7.49. The zero-order valence-electron chi connectivity index (χ0n) is 29.7. The minimum Gasteiger partial charge on any atom is -0.309 e. The van der Waals surface area contributed by atoms with Gasteiger partial charge in [0.25, 0.3) is 0 Å². The van der Waals surface area contributed by atoms with Crippen molar-refractivity contribution >= 4 is 43.6 Å². The molecule has 0 amide bonds. The lowest BCUT2D eigenvalue weighted by atomic mass is 9.99. The Morgan fingerprint density at radius 2 is 0.786 bits per heavy atom. The van der Waals surface area contributed by atoms with Crippen LogP contribution >= 0.6 is 0 Å². The van der Waals surface area contributed by atoms with E-state index in [-0.39, 0.29) is 0 Å². The predicted octanol–water partition coefficient (Wildman–Crippen LogP) is 11.3. The van der Waals surface area contributed by atoms with Crippen molar-refractivity contribution in [2.75, 3.05) is 0 Å². The minimum absolute atomic E-state index is 0.330. The number of fused-ring (bicyclic) bond motifs is 6. The number of nitriles is 3. The highest BCUT2D eigenvalue weighted by Crippen LogP contribution is 2.38. The summed E-state index contributed by atoms with van der Waals surface area (Å²) in [6.45, 7) is 0. The highest BCUT2D eigenvalue weighted by Gasteiger charge is 2.20. The highest BCUT2D eigenvalue weighted by molar-refractivity contribution is 6.12. The Hall–Kier alpha value is -8.31. The van der Waals surface area contributed by atoms with Crippen molar-refractivity contribution in [2.45, 2.75) is 0 Å². The summed E-state index contributed by atoms with van der Waals surface area (Å²) in [5.41, 5.74) is 10.4. The van der Waals surface area contributed by atoms with E-state index in [0.717, 1.165) is 44.2 Å². The summed E-state index contributed by atoms with van der Waals surface area (Å²) in [5.74, 6) is 0.330. The fourth-order valence-corrected chi connectivity index (χ4v) is 7.99. The van der Waals surface area contributed by atoms with E-state index >= 15 is 0 Å². The van der Waals surface area contributed by atoms with E-state index < -0.39 is 0 Å². The van der Waals surface area contributed by atoms with Crippen molar-refractivity contribution in [3.63, 3.8) is 0 Å². The van der Waals surface area contributed by atoms with E-state index in [1.165, 1.54) is 10.8 Å². The van der Waals surface area contributed by atoms with Gasteiger partial charge in [0, 0.05) is 49.6 Å². The first-order chi connectivity index (χ1) is 27.6. The zero-order valence-corrected chi connectivity index (χ0v) is 29.7. The summed E-state index contributed by atoms with van der Waals surface area (Å²) in [6.07, 6.45) is 0. The molecule has 0 radical (unpaired) electrons. The summed E-state index contributed by atoms with van der Waals surface area (Å²) in [5, 5.41) is 35.2. The summed E-state index contributed by atoms with van der Waals surface area (Å²) in [6, 6.07) is 60.9. The van der Waals surface area contributed by atoms with Crippen LogP contribution in [-0.2, 0) is 0 Å². The largest absolute Gasteiger partial charge is 0.309 e. The van der Waals surface area contributed by atoms with Crippen LogP contribution in [-0.4, -0.2) is 19.1 Å². The third-order valence-electron chi connectivity index (χ3n) is 10.5. The molecule has 0 spiro atoms. The van der Waals surface area contributed by atoms with Crippen LogP contribution in [0.1, 0.15) is 16.7 Å². The van der Waals surface area contributed by atoms with E-state index in [2.05, 4.69) is 112 Å². The van der Waals surface area contributed by atoms with Gasteiger partial charge in [-0.05, 0) is 78.9 Å². The van der Waals surface area contributed by atoms with E-state index in [9.17, 15) is 15.8 Å². The number of nitrogens with zero attached hydrogens (tertiary/aromatic N) is 7. The molecule has 56 heavy (non-hydrogen) atoms. The average molecular weight is 714 g/mol. The standard InChI is InChI=1S/C49H27N7/c50-28-31-11-1-3-13-36(31)43-27-44(54-49(53-43)38-14-4-2-12-32(38)29-51)37-23-21-34(25-33(37)30-52)55-47-20-10-7-17-41(47)42-26-35(22-24-48(42)55)56-45-18-8-5-15-39(45)40-16-6-9-19-46(40)56/h1-27H. The van der Waals surface area contributed by atoms with Crippen molar-refractivity contribution in [1.29, 1.82) is 15.8 Å². The molecule has 0 atom stereocenters. The van der Waals surface area contributed by atoms with Crippen molar-refractivity contribution in [3.8, 4) is 63.5 Å². The van der Waals surface area contributed by atoms with Gasteiger partial charge in [0.05, 0.1) is 68.4 Å². The normalized spacial score (nSPS) is 11.2. The number of para-hydroxylation sites is 3. The van der Waals surface area contributed by atoms with Gasteiger partial charge in [-0.1, -0.05) is 84.9 Å². The second-order valence-electron chi connectivity index (χ2n) is 13.5. The SMILES string of the molecule is N#Cc1ccccc1-c1cc(-c2ccc(-n3c4ccccc4c4cc(-n5c6ccccc6c6ccccc65)ccc43)cc2C#N)nc(-c2ccccc2C#N)n1. The van der Waals surface area contributed by atoms with Crippen LogP contribution in [0.4, 0.5) is 0 Å². The van der Waals surface area contributed by atoms with E-state index in [1.54, 1.807) is 30.3 Å². The molecule has 10 rings (SSSR count). The fourth-order valence-electron chi connectivity index (χ4n) is 7.99. The number of hydrogen-bond acceptors (Lipinski definition) is 5. The molecule has 0 saturated heterocycles. The van der Waals surface area contributed by atoms with Crippen LogP contribution in [0.5, 0.6) is 0 Å². The smallest absolute Gasteiger partial charge is 0.161 e. The van der Waals surface area contributed by atoms with Gasteiger partial charge in [0.15, 0.2) is 5.82 Å². The molecule has 3 aromatic heterocycles. The van der Waals surface area contributed by atoms with E-state index in [0.29, 0.717) is 50.6 Å². The van der Waals surface area contributed by atoms with Crippen LogP contribution in [0.3, 0.4) is 0 Å². The Morgan fingerprint density at radius 1 is 0.357 bits per heavy atom. The molecule has 0 aliphatic carbocycles. The average Bonchev–Trinajstić information content (AvgIpc) is 3.78. The van der Waals surface area contributed by atoms with E-state index in [4.69, 9.17) is 9.97 Å². The molecular weight excluding hydrogens is 687 g/mol. The van der Waals surface area contributed by atoms with Gasteiger partial charge in [-0.3, -0.25) is 0 Å². The molecule has 258 valence electrons. The molecular formula is C49H27N7. The molecule has 0 bridgehead atoms. The first kappa shape index (κ1) is 32.3. The lowest BCUT2D eigenvalue weighted by molar-refractivity contribution is 1.16. The van der Waals surface area contributed by atoms with Crippen LogP contribution in [0.15, 0.2) is 164 Å². The quantitative estimate of drug-likeness (QED) is 0.176. The van der Waals surface area contributed by atoms with Crippen LogP contribution < -0.4 is 0 Å². The lowest BCUT2D eigenvalue weighted by Crippen LogP contribution is -2.00. The lowest BCUT2D eigenvalue weighted by Gasteiger charge is -2.14. The summed E-state index contributed by atoms with van der Waals surface area (Å²) in [7, 11) is 0. The van der Waals surface area contributed by atoms with Crippen LogP contribution in [0.2, 0.25) is 0 Å². The van der Waals surface area contributed by atoms with Gasteiger partial charge < -0.3 is 9.13 Å². The maximum absolute atomic E-state index is 10.7. The number of hydrogen-bond donors (Lipinski definition) is 0. The summed E-state index contributed by atoms with van der Waals surface area (Å²) in [4.78, 5) is 9.79. The monoisotopic (exact) mass is 713 g/mol. The molecule has 0 aliphatic rings. The number of benzene rings is 7. The third kappa shape index (κ3) is 5.03. The van der Waals surface area contributed by atoms with Crippen molar-refractivity contribution in [2.24, 2.45) is 0 Å². The first-order valence-electron chi connectivity index (χ1n) is 18.1. The van der Waals surface area contributed by atoms with Crippen molar-refractivity contribution < 1.29 is 0 Å². The maximum atomic E-state index is 10.7. The topological polar surface area (TPSA) is 107 Å². The van der Waals surface area contributed by atoms with Gasteiger partial charge in [-0.15, -0.1) is 0 Å². The van der Waals surface area contributed by atoms with Gasteiger partial charge >= 0.3 is 0 Å². The molecule has 7 aromatic carbocycles. The summed E-state index contributed by atoms with van der Waals surface area (Å²) < 4.78 is 4.53. The first-order valence-corrected chi connectivity index (χ1v) is 18.1. The minimum atomic E-state index is 0.330. The molecule has 3 heterocycles. The Labute approximate surface area is 321 Å². The number of aromatic nitrogens is 4. The Morgan fingerprint density at radius 3 is 1.38 bits per heavy atom. The third-order valence-corrected chi connectivity index (χ3v) is 10.5. The van der Waals surface area contributed by atoms with Gasteiger partial charge in [-0.2, -0.15) is 15.8 Å². The van der Waals surface area contributed by atoms with Crippen LogP contribution in [0.25, 0.3) is 88.9 Å². The molecule has 0 unspecified atom stereocenters. The molecule has 7 nitrogen and oxygen atoms in total. The molecule has 10 aromatic rings. The number of rotatable bonds is 5. The zero-order chi connectivity index (χ0) is 37.8. The Balaban J connectivity index is 1.16. The molecule has 0 fully saturated rings. The fraction of sp³-hybridized carbons (Fsp3) is 0. The second-order valence-corrected chi connectivity index (χ2v) is 13.5. The predicted molar refractivity (Wildman–Crippen MR) is 221 cm³/mol. The van der Waals surface area contributed by atoms with Gasteiger partial charge in [0.1, 0.15) is 0 Å². The molecule has 0 aliphatic heterocycles. The van der Waals surface area contributed by atoms with E-state index in [1.807, 2.05) is 48.5 Å². The van der Waals surface area contributed by atoms with Crippen molar-refractivity contribution in [3.05, 3.63) is 180 Å².